The number of methoxy groups -OCH3 is 2. The van der Waals surface area contributed by atoms with Gasteiger partial charge in [-0.3, -0.25) is 5.10 Å². The SMILES string of the molecule is COCCN1CCC(c2sc(-c3[nH]nc(-c4cc(OC)c5ncnn5c4)c3C(C)C)nc2C(F)(F)F)CC1. The third-order valence-corrected chi connectivity index (χ3v) is 8.16. The quantitative estimate of drug-likeness (QED) is 0.322. The monoisotopic (exact) mass is 549 g/mol. The number of H-pyrrole nitrogens is 1. The second-order valence-electron chi connectivity index (χ2n) is 9.68. The number of ether oxygens (including phenoxy) is 2. The molecule has 13 heteroatoms. The van der Waals surface area contributed by atoms with Gasteiger partial charge in [0.2, 0.25) is 0 Å². The van der Waals surface area contributed by atoms with E-state index in [9.17, 15) is 13.2 Å². The fourth-order valence-electron chi connectivity index (χ4n) is 5.03. The Morgan fingerprint density at radius 1 is 1.21 bits per heavy atom. The van der Waals surface area contributed by atoms with Crippen LogP contribution >= 0.6 is 11.3 Å². The summed E-state index contributed by atoms with van der Waals surface area (Å²) in [6, 6.07) is 1.81. The predicted octanol–water partition coefficient (Wildman–Crippen LogP) is 5.22. The molecule has 0 aromatic carbocycles. The lowest BCUT2D eigenvalue weighted by atomic mass is 9.94. The molecule has 0 unspecified atom stereocenters. The molecule has 1 aliphatic rings. The van der Waals surface area contributed by atoms with Gasteiger partial charge < -0.3 is 14.4 Å². The summed E-state index contributed by atoms with van der Waals surface area (Å²) in [7, 11) is 3.20. The Labute approximate surface area is 222 Å². The van der Waals surface area contributed by atoms with Gasteiger partial charge in [-0.2, -0.15) is 23.4 Å². The molecule has 4 aromatic heterocycles. The number of halogens is 3. The molecule has 1 aliphatic heterocycles. The summed E-state index contributed by atoms with van der Waals surface area (Å²) in [6.07, 6.45) is -0.0281. The molecule has 0 spiro atoms. The summed E-state index contributed by atoms with van der Waals surface area (Å²) < 4.78 is 54.7. The predicted molar refractivity (Wildman–Crippen MR) is 138 cm³/mol. The van der Waals surface area contributed by atoms with Gasteiger partial charge in [0.25, 0.3) is 0 Å². The van der Waals surface area contributed by atoms with Crippen LogP contribution in [0.2, 0.25) is 0 Å². The van der Waals surface area contributed by atoms with Crippen LogP contribution in [0, 0.1) is 0 Å². The first kappa shape index (κ1) is 26.6. The highest BCUT2D eigenvalue weighted by molar-refractivity contribution is 7.15. The van der Waals surface area contributed by atoms with E-state index >= 15 is 0 Å². The fourth-order valence-corrected chi connectivity index (χ4v) is 6.29. The van der Waals surface area contributed by atoms with Gasteiger partial charge in [0, 0.05) is 35.9 Å². The molecule has 0 bridgehead atoms. The van der Waals surface area contributed by atoms with Gasteiger partial charge >= 0.3 is 6.18 Å². The minimum atomic E-state index is -4.54. The number of thiazole rings is 1. The number of hydrogen-bond donors (Lipinski definition) is 1. The van der Waals surface area contributed by atoms with E-state index in [1.165, 1.54) is 6.33 Å². The molecule has 0 amide bonds. The summed E-state index contributed by atoms with van der Waals surface area (Å²) in [5.74, 6) is 0.287. The average Bonchev–Trinajstić information content (AvgIpc) is 3.64. The number of alkyl halides is 3. The van der Waals surface area contributed by atoms with E-state index in [-0.39, 0.29) is 11.8 Å². The Balaban J connectivity index is 1.54. The molecule has 4 aromatic rings. The van der Waals surface area contributed by atoms with E-state index in [4.69, 9.17) is 9.47 Å². The normalized spacial score (nSPS) is 15.7. The van der Waals surface area contributed by atoms with Crippen LogP contribution in [0.5, 0.6) is 5.75 Å². The molecular formula is C25H30F3N7O2S. The van der Waals surface area contributed by atoms with E-state index < -0.39 is 11.9 Å². The van der Waals surface area contributed by atoms with Gasteiger partial charge in [-0.1, -0.05) is 13.8 Å². The zero-order valence-electron chi connectivity index (χ0n) is 21.7. The van der Waals surface area contributed by atoms with Crippen molar-refractivity contribution in [2.75, 3.05) is 40.5 Å². The molecule has 0 radical (unpaired) electrons. The summed E-state index contributed by atoms with van der Waals surface area (Å²) in [4.78, 5) is 10.9. The first-order valence-corrected chi connectivity index (χ1v) is 13.3. The van der Waals surface area contributed by atoms with Gasteiger partial charge in [0.05, 0.1) is 25.1 Å². The topological polar surface area (TPSA) is 93.5 Å². The smallest absolute Gasteiger partial charge is 0.434 e. The van der Waals surface area contributed by atoms with Crippen molar-refractivity contribution >= 4 is 17.0 Å². The first-order valence-electron chi connectivity index (χ1n) is 12.5. The zero-order chi connectivity index (χ0) is 27.0. The molecule has 5 rings (SSSR count). The standard InChI is InChI=1S/C25H30F3N7O2S/c1-14(2)18-19(16-11-17(37-4)23-29-13-30-35(23)12-16)32-33-20(18)24-31-22(25(26,27)28)21(38-24)15-5-7-34(8-6-15)9-10-36-3/h11-15H,5-10H2,1-4H3,(H,32,33). The molecule has 0 atom stereocenters. The lowest BCUT2D eigenvalue weighted by molar-refractivity contribution is -0.141. The number of piperidine rings is 1. The number of nitrogens with zero attached hydrogens (tertiary/aromatic N) is 6. The van der Waals surface area contributed by atoms with E-state index in [1.54, 1.807) is 24.9 Å². The number of rotatable bonds is 8. The summed E-state index contributed by atoms with van der Waals surface area (Å²) in [5, 5.41) is 12.0. The van der Waals surface area contributed by atoms with Crippen LogP contribution in [0.15, 0.2) is 18.6 Å². The zero-order valence-corrected chi connectivity index (χ0v) is 22.5. The van der Waals surface area contributed by atoms with Crippen LogP contribution in [0.4, 0.5) is 13.2 Å². The second-order valence-corrected chi connectivity index (χ2v) is 10.7. The van der Waals surface area contributed by atoms with Gasteiger partial charge in [-0.15, -0.1) is 11.3 Å². The maximum atomic E-state index is 14.2. The number of fused-ring (bicyclic) bond motifs is 1. The van der Waals surface area contributed by atoms with Crippen LogP contribution in [-0.2, 0) is 10.9 Å². The van der Waals surface area contributed by atoms with Crippen LogP contribution in [0.25, 0.3) is 27.6 Å². The van der Waals surface area contributed by atoms with Crippen LogP contribution < -0.4 is 4.74 Å². The van der Waals surface area contributed by atoms with Crippen LogP contribution in [-0.4, -0.2) is 75.1 Å². The number of aromatic amines is 1. The second kappa shape index (κ2) is 10.6. The average molecular weight is 550 g/mol. The highest BCUT2D eigenvalue weighted by Gasteiger charge is 2.41. The molecule has 9 nitrogen and oxygen atoms in total. The molecular weight excluding hydrogens is 519 g/mol. The number of aromatic nitrogens is 6. The Hall–Kier alpha value is -3.03. The van der Waals surface area contributed by atoms with E-state index in [2.05, 4.69) is 30.2 Å². The number of nitrogens with one attached hydrogen (secondary N) is 1. The van der Waals surface area contributed by atoms with Crippen molar-refractivity contribution in [1.29, 1.82) is 0 Å². The Bertz CT molecular complexity index is 1400. The van der Waals surface area contributed by atoms with Crippen molar-refractivity contribution in [3.8, 4) is 27.7 Å². The minimum absolute atomic E-state index is 0.0399. The number of likely N-dealkylation sites (tertiary alicyclic amines) is 1. The molecule has 0 aliphatic carbocycles. The largest absolute Gasteiger partial charge is 0.493 e. The van der Waals surface area contributed by atoms with Crippen molar-refractivity contribution in [2.45, 2.75) is 44.7 Å². The lowest BCUT2D eigenvalue weighted by Gasteiger charge is -2.31. The maximum Gasteiger partial charge on any atom is 0.434 e. The summed E-state index contributed by atoms with van der Waals surface area (Å²) >= 11 is 1.12. The third kappa shape index (κ3) is 5.02. The highest BCUT2D eigenvalue weighted by Crippen LogP contribution is 2.46. The number of pyridine rings is 1. The third-order valence-electron chi connectivity index (χ3n) is 6.92. The van der Waals surface area contributed by atoms with E-state index in [0.717, 1.165) is 36.5 Å². The van der Waals surface area contributed by atoms with Crippen molar-refractivity contribution in [2.24, 2.45) is 0 Å². The Morgan fingerprint density at radius 3 is 2.63 bits per heavy atom. The lowest BCUT2D eigenvalue weighted by Crippen LogP contribution is -2.35. The summed E-state index contributed by atoms with van der Waals surface area (Å²) in [6.45, 7) is 6.82. The van der Waals surface area contributed by atoms with Crippen LogP contribution in [0.1, 0.15) is 54.7 Å². The van der Waals surface area contributed by atoms with Crippen molar-refractivity contribution in [3.05, 3.63) is 34.7 Å². The Kier molecular flexibility index (Phi) is 7.43. The highest BCUT2D eigenvalue weighted by atomic mass is 32.1. The first-order chi connectivity index (χ1) is 18.2. The van der Waals surface area contributed by atoms with E-state index in [0.29, 0.717) is 57.7 Å². The van der Waals surface area contributed by atoms with Gasteiger partial charge in [0.15, 0.2) is 17.1 Å². The van der Waals surface area contributed by atoms with Crippen molar-refractivity contribution in [1.82, 2.24) is 34.7 Å². The van der Waals surface area contributed by atoms with Crippen molar-refractivity contribution in [3.63, 3.8) is 0 Å². The van der Waals surface area contributed by atoms with Gasteiger partial charge in [-0.25, -0.2) is 14.5 Å². The maximum absolute atomic E-state index is 14.2. The molecule has 1 N–H and O–H groups in total. The molecule has 1 saturated heterocycles. The minimum Gasteiger partial charge on any atom is -0.493 e. The molecule has 1 fully saturated rings. The molecule has 204 valence electrons. The molecule has 5 heterocycles. The Morgan fingerprint density at radius 2 is 1.97 bits per heavy atom. The molecule has 0 saturated carbocycles. The van der Waals surface area contributed by atoms with Gasteiger partial charge in [0.1, 0.15) is 11.3 Å². The number of hydrogen-bond acceptors (Lipinski definition) is 8. The van der Waals surface area contributed by atoms with Crippen molar-refractivity contribution < 1.29 is 22.6 Å². The van der Waals surface area contributed by atoms with E-state index in [1.807, 2.05) is 19.9 Å². The summed E-state index contributed by atoms with van der Waals surface area (Å²) in [5.41, 5.74) is 2.39. The van der Waals surface area contributed by atoms with Gasteiger partial charge in [-0.05, 0) is 43.8 Å². The fraction of sp³-hybridized carbons (Fsp3) is 0.520. The van der Waals surface area contributed by atoms with Crippen LogP contribution in [0.3, 0.4) is 0 Å². The molecule has 38 heavy (non-hydrogen) atoms.